The van der Waals surface area contributed by atoms with Gasteiger partial charge >= 0.3 is 12.0 Å². The van der Waals surface area contributed by atoms with Gasteiger partial charge in [0.25, 0.3) is 5.91 Å². The Labute approximate surface area is 112 Å². The van der Waals surface area contributed by atoms with Crippen molar-refractivity contribution < 1.29 is 14.2 Å². The van der Waals surface area contributed by atoms with E-state index in [1.165, 1.54) is 11.9 Å². The molecular formula is C12H20N5O2+. The van der Waals surface area contributed by atoms with E-state index < -0.39 is 6.04 Å². The van der Waals surface area contributed by atoms with Gasteiger partial charge in [-0.2, -0.15) is 0 Å². The predicted molar refractivity (Wildman–Crippen MR) is 71.3 cm³/mol. The first-order valence-electron chi connectivity index (χ1n) is 6.34. The SMILES string of the molecule is CCCN1C(=[N+](C)C)N=C2C1C(=O)N(C)C(=O)N2C. The Bertz CT molecular complexity index is 492. The summed E-state index contributed by atoms with van der Waals surface area (Å²) in [6.07, 6.45) is 0.908. The normalized spacial score (nSPS) is 23.0. The molecule has 2 aliphatic heterocycles. The summed E-state index contributed by atoms with van der Waals surface area (Å²) >= 11 is 0. The van der Waals surface area contributed by atoms with Crippen LogP contribution in [-0.4, -0.2) is 83.8 Å². The number of fused-ring (bicyclic) bond motifs is 1. The fourth-order valence-corrected chi connectivity index (χ4v) is 2.41. The summed E-state index contributed by atoms with van der Waals surface area (Å²) in [5.41, 5.74) is 0. The van der Waals surface area contributed by atoms with Crippen LogP contribution < -0.4 is 0 Å². The van der Waals surface area contributed by atoms with Crippen molar-refractivity contribution >= 4 is 23.7 Å². The number of amidine groups is 1. The number of amides is 3. The third kappa shape index (κ3) is 1.89. The van der Waals surface area contributed by atoms with E-state index in [4.69, 9.17) is 0 Å². The van der Waals surface area contributed by atoms with Crippen LogP contribution in [0.4, 0.5) is 4.79 Å². The number of guanidine groups is 1. The Hall–Kier alpha value is -1.92. The molecule has 2 heterocycles. The Morgan fingerprint density at radius 3 is 2.37 bits per heavy atom. The molecule has 0 aromatic rings. The Balaban J connectivity index is 2.50. The maximum absolute atomic E-state index is 12.3. The van der Waals surface area contributed by atoms with Crippen LogP contribution in [0.5, 0.6) is 0 Å². The Morgan fingerprint density at radius 1 is 1.21 bits per heavy atom. The minimum Gasteiger partial charge on any atom is -0.270 e. The van der Waals surface area contributed by atoms with Gasteiger partial charge in [-0.25, -0.2) is 9.69 Å². The van der Waals surface area contributed by atoms with Gasteiger partial charge in [0.15, 0.2) is 0 Å². The van der Waals surface area contributed by atoms with Crippen LogP contribution in [0.1, 0.15) is 13.3 Å². The molecule has 1 unspecified atom stereocenters. The van der Waals surface area contributed by atoms with Crippen molar-refractivity contribution in [3.05, 3.63) is 0 Å². The van der Waals surface area contributed by atoms with Crippen LogP contribution >= 0.6 is 0 Å². The number of imide groups is 1. The summed E-state index contributed by atoms with van der Waals surface area (Å²) in [5.74, 6) is 1.03. The molecule has 0 radical (unpaired) electrons. The van der Waals surface area contributed by atoms with E-state index in [0.717, 1.165) is 23.8 Å². The van der Waals surface area contributed by atoms with E-state index in [9.17, 15) is 9.59 Å². The summed E-state index contributed by atoms with van der Waals surface area (Å²) in [6, 6.07) is -0.818. The minimum absolute atomic E-state index is 0.216. The molecule has 0 saturated carbocycles. The summed E-state index contributed by atoms with van der Waals surface area (Å²) in [4.78, 5) is 33.3. The van der Waals surface area contributed by atoms with Gasteiger partial charge in [-0.05, 0) is 6.42 Å². The molecule has 1 fully saturated rings. The Morgan fingerprint density at radius 2 is 1.84 bits per heavy atom. The Kier molecular flexibility index (Phi) is 3.30. The number of rotatable bonds is 2. The third-order valence-electron chi connectivity index (χ3n) is 3.37. The fraction of sp³-hybridized carbons (Fsp3) is 0.667. The van der Waals surface area contributed by atoms with Crippen LogP contribution in [0, 0.1) is 0 Å². The number of likely N-dealkylation sites (N-methyl/N-ethyl adjacent to an activating group) is 2. The maximum Gasteiger partial charge on any atom is 0.391 e. The van der Waals surface area contributed by atoms with Crippen molar-refractivity contribution in [1.82, 2.24) is 14.7 Å². The lowest BCUT2D eigenvalue weighted by atomic mass is 10.1. The molecule has 2 rings (SSSR count). The van der Waals surface area contributed by atoms with Gasteiger partial charge in [-0.1, -0.05) is 11.9 Å². The van der Waals surface area contributed by atoms with Crippen LogP contribution in [0.2, 0.25) is 0 Å². The molecule has 0 bridgehead atoms. The monoisotopic (exact) mass is 266 g/mol. The molecule has 7 heteroatoms. The van der Waals surface area contributed by atoms with Crippen molar-refractivity contribution in [2.75, 3.05) is 34.7 Å². The number of urea groups is 1. The summed E-state index contributed by atoms with van der Waals surface area (Å²) in [7, 11) is 6.93. The zero-order valence-electron chi connectivity index (χ0n) is 12.0. The molecule has 0 aromatic heterocycles. The number of hydrogen-bond donors (Lipinski definition) is 0. The molecule has 7 nitrogen and oxygen atoms in total. The number of hydrogen-bond acceptors (Lipinski definition) is 2. The molecule has 0 spiro atoms. The minimum atomic E-state index is -0.481. The smallest absolute Gasteiger partial charge is 0.270 e. The highest BCUT2D eigenvalue weighted by atomic mass is 16.2. The quantitative estimate of drug-likeness (QED) is 0.641. The van der Waals surface area contributed by atoms with E-state index in [1.54, 1.807) is 7.05 Å². The van der Waals surface area contributed by atoms with E-state index in [2.05, 4.69) is 11.9 Å². The zero-order chi connectivity index (χ0) is 14.3. The van der Waals surface area contributed by atoms with Gasteiger partial charge in [0.1, 0.15) is 0 Å². The second-order valence-electron chi connectivity index (χ2n) is 5.00. The first kappa shape index (κ1) is 13.5. The molecule has 0 N–H and O–H groups in total. The molecule has 0 aromatic carbocycles. The number of nitrogens with zero attached hydrogens (tertiary/aromatic N) is 5. The molecule has 3 amide bonds. The maximum atomic E-state index is 12.3. The van der Waals surface area contributed by atoms with Crippen LogP contribution in [0.25, 0.3) is 0 Å². The third-order valence-corrected chi connectivity index (χ3v) is 3.37. The van der Waals surface area contributed by atoms with Gasteiger partial charge in [0, 0.05) is 14.1 Å². The second kappa shape index (κ2) is 4.64. The van der Waals surface area contributed by atoms with E-state index >= 15 is 0 Å². The average molecular weight is 266 g/mol. The zero-order valence-corrected chi connectivity index (χ0v) is 12.0. The van der Waals surface area contributed by atoms with E-state index in [-0.39, 0.29) is 11.9 Å². The standard InChI is InChI=1S/C12H20N5O2/c1-6-7-17-8-9(13-11(17)14(2)3)15(4)12(19)16(5)10(8)18/h8H,6-7H2,1-5H3/q+1. The molecular weight excluding hydrogens is 246 g/mol. The number of aliphatic imine (C=N–C) groups is 1. The predicted octanol–water partition coefficient (Wildman–Crippen LogP) is -0.369. The largest absolute Gasteiger partial charge is 0.391 e. The average Bonchev–Trinajstić information content (AvgIpc) is 2.74. The summed E-state index contributed by atoms with van der Waals surface area (Å²) in [6.45, 7) is 2.78. The van der Waals surface area contributed by atoms with Crippen LogP contribution in [0.15, 0.2) is 4.99 Å². The topological polar surface area (TPSA) is 59.2 Å². The van der Waals surface area contributed by atoms with Gasteiger partial charge in [-0.15, -0.1) is 0 Å². The van der Waals surface area contributed by atoms with Crippen LogP contribution in [0.3, 0.4) is 0 Å². The lowest BCUT2D eigenvalue weighted by Gasteiger charge is -2.32. The van der Waals surface area contributed by atoms with E-state index in [0.29, 0.717) is 5.84 Å². The molecule has 2 aliphatic rings. The molecule has 1 saturated heterocycles. The fourth-order valence-electron chi connectivity index (χ4n) is 2.41. The van der Waals surface area contributed by atoms with Crippen molar-refractivity contribution in [3.8, 4) is 0 Å². The van der Waals surface area contributed by atoms with Crippen molar-refractivity contribution in [2.45, 2.75) is 19.4 Å². The number of carbonyl (C=O) groups excluding carboxylic acids is 2. The molecule has 1 atom stereocenters. The van der Waals surface area contributed by atoms with Gasteiger partial charge < -0.3 is 0 Å². The highest BCUT2D eigenvalue weighted by Gasteiger charge is 2.54. The van der Waals surface area contributed by atoms with Crippen molar-refractivity contribution in [3.63, 3.8) is 0 Å². The summed E-state index contributed by atoms with van der Waals surface area (Å²) < 4.78 is 1.87. The first-order chi connectivity index (χ1) is 8.90. The molecule has 104 valence electrons. The van der Waals surface area contributed by atoms with Gasteiger partial charge in [0.2, 0.25) is 11.9 Å². The van der Waals surface area contributed by atoms with Crippen molar-refractivity contribution in [1.29, 1.82) is 0 Å². The van der Waals surface area contributed by atoms with Crippen LogP contribution in [-0.2, 0) is 4.79 Å². The lowest BCUT2D eigenvalue weighted by Crippen LogP contribution is -2.62. The van der Waals surface area contributed by atoms with Crippen molar-refractivity contribution in [2.24, 2.45) is 4.99 Å². The molecule has 19 heavy (non-hydrogen) atoms. The highest BCUT2D eigenvalue weighted by molar-refractivity contribution is 6.25. The van der Waals surface area contributed by atoms with Gasteiger partial charge in [0.05, 0.1) is 20.6 Å². The summed E-state index contributed by atoms with van der Waals surface area (Å²) in [5, 5.41) is 0. The lowest BCUT2D eigenvalue weighted by molar-refractivity contribution is -0.470. The highest BCUT2D eigenvalue weighted by Crippen LogP contribution is 2.22. The first-order valence-corrected chi connectivity index (χ1v) is 6.34. The molecule has 0 aliphatic carbocycles. The van der Waals surface area contributed by atoms with Gasteiger partial charge in [-0.3, -0.25) is 19.2 Å². The van der Waals surface area contributed by atoms with E-state index in [1.807, 2.05) is 23.6 Å². The number of carbonyl (C=O) groups is 2. The second-order valence-corrected chi connectivity index (χ2v) is 5.00.